The topological polar surface area (TPSA) is 151 Å². The van der Waals surface area contributed by atoms with Crippen molar-refractivity contribution < 1.29 is 48.3 Å². The fraction of sp³-hybridized carbons (Fsp3) is 0.310. The number of aliphatic hydroxyl groups excluding tert-OH is 1. The van der Waals surface area contributed by atoms with Crippen LogP contribution in [0, 0.1) is 0 Å². The van der Waals surface area contributed by atoms with Gasteiger partial charge in [-0.25, -0.2) is 4.98 Å². The van der Waals surface area contributed by atoms with Gasteiger partial charge < -0.3 is 33.9 Å². The summed E-state index contributed by atoms with van der Waals surface area (Å²) in [4.78, 5) is 39.7. The molecule has 0 amide bonds. The summed E-state index contributed by atoms with van der Waals surface area (Å²) in [6.45, 7) is 4.92. The quantitative estimate of drug-likeness (QED) is 0.152. The van der Waals surface area contributed by atoms with Gasteiger partial charge in [-0.05, 0) is 31.2 Å². The Labute approximate surface area is 230 Å². The number of esters is 3. The van der Waals surface area contributed by atoms with Crippen LogP contribution in [-0.4, -0.2) is 64.8 Å². The predicted octanol–water partition coefficient (Wildman–Crippen LogP) is 4.16. The number of nitrogens with zero attached hydrogens (tertiary/aromatic N) is 1. The number of phenolic OH excluding ortho intramolecular Hbond substituents is 1. The minimum Gasteiger partial charge on any atom is -0.507 e. The van der Waals surface area contributed by atoms with Crippen LogP contribution >= 0.6 is 0 Å². The highest BCUT2D eigenvalue weighted by molar-refractivity contribution is 5.83. The third-order valence-corrected chi connectivity index (χ3v) is 5.64. The number of carbonyl (C=O) groups is 3. The van der Waals surface area contributed by atoms with Crippen LogP contribution in [0.1, 0.15) is 39.0 Å². The van der Waals surface area contributed by atoms with Crippen LogP contribution in [0.2, 0.25) is 0 Å². The van der Waals surface area contributed by atoms with Gasteiger partial charge in [0.2, 0.25) is 12.4 Å². The molecule has 4 atom stereocenters. The van der Waals surface area contributed by atoms with E-state index in [9.17, 15) is 24.6 Å². The standard InChI is InChI=1S/C29H31NO10/c1-16(37-17(2)31)27(38-18(3)32)28(39-19(4)33)29(36-5)40-22-12-13-23(26(35)15-22)25(34)14-21-11-10-20-8-6-7-9-24(20)30-21/h6-16,27-29,34-35H,1-5H3/b25-14-/t16-,27-,28-,29-/m1/s1. The summed E-state index contributed by atoms with van der Waals surface area (Å²) >= 11 is 0. The first-order chi connectivity index (χ1) is 19.0. The third kappa shape index (κ3) is 7.93. The number of aromatic hydroxyl groups is 1. The normalized spacial score (nSPS) is 14.5. The summed E-state index contributed by atoms with van der Waals surface area (Å²) in [6.07, 6.45) is -3.63. The van der Waals surface area contributed by atoms with Gasteiger partial charge >= 0.3 is 17.9 Å². The number of hydrogen-bond donors (Lipinski definition) is 2. The Kier molecular flexibility index (Phi) is 10.0. The number of methoxy groups -OCH3 is 1. The first-order valence-electron chi connectivity index (χ1n) is 12.3. The molecule has 1 aromatic heterocycles. The number of hydrogen-bond acceptors (Lipinski definition) is 11. The molecule has 11 heteroatoms. The number of phenols is 1. The smallest absolute Gasteiger partial charge is 0.303 e. The van der Waals surface area contributed by atoms with Gasteiger partial charge in [-0.1, -0.05) is 24.3 Å². The molecule has 3 rings (SSSR count). The number of rotatable bonds is 11. The molecule has 212 valence electrons. The first-order valence-corrected chi connectivity index (χ1v) is 12.3. The van der Waals surface area contributed by atoms with E-state index in [4.69, 9.17) is 23.7 Å². The van der Waals surface area contributed by atoms with E-state index >= 15 is 0 Å². The molecule has 0 unspecified atom stereocenters. The number of benzene rings is 2. The zero-order valence-electron chi connectivity index (χ0n) is 22.7. The summed E-state index contributed by atoms with van der Waals surface area (Å²) in [7, 11) is 1.27. The maximum atomic E-state index is 11.9. The van der Waals surface area contributed by atoms with E-state index in [1.807, 2.05) is 30.3 Å². The van der Waals surface area contributed by atoms with Crippen molar-refractivity contribution in [3.8, 4) is 11.5 Å². The fourth-order valence-electron chi connectivity index (χ4n) is 3.98. The zero-order valence-corrected chi connectivity index (χ0v) is 22.7. The summed E-state index contributed by atoms with van der Waals surface area (Å²) in [5, 5.41) is 22.3. The number of carbonyl (C=O) groups excluding carboxylic acids is 3. The highest BCUT2D eigenvalue weighted by Crippen LogP contribution is 2.31. The molecule has 2 aromatic carbocycles. The summed E-state index contributed by atoms with van der Waals surface area (Å²) in [6, 6.07) is 15.2. The summed E-state index contributed by atoms with van der Waals surface area (Å²) in [5.74, 6) is -2.59. The monoisotopic (exact) mass is 553 g/mol. The first kappa shape index (κ1) is 29.9. The van der Waals surface area contributed by atoms with Crippen LogP contribution in [0.5, 0.6) is 11.5 Å². The Morgan fingerprint density at radius 1 is 0.875 bits per heavy atom. The Bertz CT molecular complexity index is 1400. The molecule has 3 aromatic rings. The minimum absolute atomic E-state index is 0.0728. The van der Waals surface area contributed by atoms with Crippen LogP contribution < -0.4 is 4.74 Å². The van der Waals surface area contributed by atoms with Crippen molar-refractivity contribution in [1.82, 2.24) is 4.98 Å². The predicted molar refractivity (Wildman–Crippen MR) is 144 cm³/mol. The number of pyridine rings is 1. The Morgan fingerprint density at radius 3 is 2.15 bits per heavy atom. The Balaban J connectivity index is 1.87. The Morgan fingerprint density at radius 2 is 1.52 bits per heavy atom. The van der Waals surface area contributed by atoms with Gasteiger partial charge in [-0.15, -0.1) is 0 Å². The summed E-state index contributed by atoms with van der Waals surface area (Å²) in [5.41, 5.74) is 1.34. The molecule has 11 nitrogen and oxygen atoms in total. The van der Waals surface area contributed by atoms with Crippen molar-refractivity contribution >= 4 is 40.6 Å². The van der Waals surface area contributed by atoms with Crippen molar-refractivity contribution in [2.45, 2.75) is 52.3 Å². The van der Waals surface area contributed by atoms with E-state index in [1.165, 1.54) is 45.2 Å². The molecule has 0 bridgehead atoms. The molecule has 0 aliphatic heterocycles. The number of fused-ring (bicyclic) bond motifs is 1. The molecule has 0 spiro atoms. The van der Waals surface area contributed by atoms with Crippen LogP contribution in [0.15, 0.2) is 54.6 Å². The van der Waals surface area contributed by atoms with Gasteiger partial charge in [-0.2, -0.15) is 0 Å². The van der Waals surface area contributed by atoms with Gasteiger partial charge in [0.1, 0.15) is 23.4 Å². The molecule has 0 aliphatic rings. The third-order valence-electron chi connectivity index (χ3n) is 5.64. The van der Waals surface area contributed by atoms with Gasteiger partial charge in [-0.3, -0.25) is 14.4 Å². The average molecular weight is 554 g/mol. The SMILES string of the molecule is CO[C@H](Oc1ccc(/C(O)=C/c2ccc3ccccc3n2)c(O)c1)[C@H](OC(C)=O)[C@H](OC(C)=O)[C@@H](C)OC(C)=O. The van der Waals surface area contributed by atoms with E-state index in [0.717, 1.165) is 24.8 Å². The lowest BCUT2D eigenvalue weighted by atomic mass is 10.1. The number of aliphatic hydroxyl groups is 1. The average Bonchev–Trinajstić information content (AvgIpc) is 2.88. The molecule has 0 saturated heterocycles. The lowest BCUT2D eigenvalue weighted by Gasteiger charge is -2.34. The lowest BCUT2D eigenvalue weighted by molar-refractivity contribution is -0.215. The molecular formula is C29H31NO10. The van der Waals surface area contributed by atoms with Crippen LogP contribution in [0.25, 0.3) is 22.7 Å². The van der Waals surface area contributed by atoms with Gasteiger partial charge in [0.05, 0.1) is 16.8 Å². The Hall–Kier alpha value is -4.64. The van der Waals surface area contributed by atoms with Crippen molar-refractivity contribution in [2.24, 2.45) is 0 Å². The van der Waals surface area contributed by atoms with Crippen LogP contribution in [0.4, 0.5) is 0 Å². The molecule has 0 radical (unpaired) electrons. The van der Waals surface area contributed by atoms with Gasteiger partial charge in [0.25, 0.3) is 0 Å². The molecular weight excluding hydrogens is 522 g/mol. The molecule has 0 fully saturated rings. The second-order valence-electron chi connectivity index (χ2n) is 8.82. The van der Waals surface area contributed by atoms with Crippen molar-refractivity contribution in [3.63, 3.8) is 0 Å². The highest BCUT2D eigenvalue weighted by Gasteiger charge is 2.41. The molecule has 0 saturated carbocycles. The van der Waals surface area contributed by atoms with Crippen molar-refractivity contribution in [1.29, 1.82) is 0 Å². The minimum atomic E-state index is -1.37. The van der Waals surface area contributed by atoms with E-state index in [-0.39, 0.29) is 22.8 Å². The molecule has 40 heavy (non-hydrogen) atoms. The van der Waals surface area contributed by atoms with Crippen LogP contribution in [0.3, 0.4) is 0 Å². The summed E-state index contributed by atoms with van der Waals surface area (Å²) < 4.78 is 27.0. The zero-order chi connectivity index (χ0) is 29.4. The second kappa shape index (κ2) is 13.4. The largest absolute Gasteiger partial charge is 0.507 e. The molecule has 2 N–H and O–H groups in total. The maximum absolute atomic E-state index is 11.9. The maximum Gasteiger partial charge on any atom is 0.303 e. The second-order valence-corrected chi connectivity index (χ2v) is 8.82. The lowest BCUT2D eigenvalue weighted by Crippen LogP contribution is -2.51. The van der Waals surface area contributed by atoms with E-state index < -0.39 is 42.5 Å². The molecule has 0 aliphatic carbocycles. The van der Waals surface area contributed by atoms with E-state index in [0.29, 0.717) is 5.69 Å². The van der Waals surface area contributed by atoms with Gasteiger partial charge in [0, 0.05) is 45.4 Å². The van der Waals surface area contributed by atoms with E-state index in [1.54, 1.807) is 6.07 Å². The molecule has 1 heterocycles. The van der Waals surface area contributed by atoms with E-state index in [2.05, 4.69) is 4.98 Å². The van der Waals surface area contributed by atoms with Crippen molar-refractivity contribution in [3.05, 3.63) is 65.9 Å². The number of aromatic nitrogens is 1. The number of para-hydroxylation sites is 1. The fourth-order valence-corrected chi connectivity index (χ4v) is 3.98. The highest BCUT2D eigenvalue weighted by atomic mass is 16.7. The van der Waals surface area contributed by atoms with Crippen molar-refractivity contribution in [2.75, 3.05) is 7.11 Å². The van der Waals surface area contributed by atoms with Gasteiger partial charge in [0.15, 0.2) is 6.10 Å². The van der Waals surface area contributed by atoms with Crippen LogP contribution in [-0.2, 0) is 33.3 Å². The number of ether oxygens (including phenoxy) is 5.